The number of hydrogen-bond donors (Lipinski definition) is 6. The zero-order chi connectivity index (χ0) is 16.3. The molecular formula is C12H26N4O5. The number of carboxylic acids is 1. The number of nitrogens with zero attached hydrogens (tertiary/aromatic N) is 1. The molecule has 21 heavy (non-hydrogen) atoms. The van der Waals surface area contributed by atoms with Gasteiger partial charge in [-0.05, 0) is 19.4 Å². The number of hydrazine groups is 1. The quantitative estimate of drug-likeness (QED) is 0.171. The molecule has 0 aliphatic rings. The standard InChI is InChI=1S/C12H26N4O5/c1-16(8-12(20)21)15-11(19)6-9(13)5-10(18)7-14-3-2-4-17/h9-10,14,17-18H,2-8,13H2,1H3,(H,15,19)(H,20,21)/t9-,10-/m1/s1. The average molecular weight is 306 g/mol. The molecule has 0 aromatic heterocycles. The van der Waals surface area contributed by atoms with Crippen molar-refractivity contribution in [1.29, 1.82) is 0 Å². The molecule has 0 heterocycles. The van der Waals surface area contributed by atoms with Crippen LogP contribution < -0.4 is 16.5 Å². The minimum atomic E-state index is -1.05. The van der Waals surface area contributed by atoms with E-state index in [2.05, 4.69) is 10.7 Å². The minimum absolute atomic E-state index is 0.00232. The molecule has 1 amide bonds. The molecule has 0 rings (SSSR count). The molecule has 0 fully saturated rings. The number of aliphatic carboxylic acids is 1. The van der Waals surface area contributed by atoms with Gasteiger partial charge in [-0.15, -0.1) is 0 Å². The lowest BCUT2D eigenvalue weighted by Crippen LogP contribution is -2.44. The number of carbonyl (C=O) groups excluding carboxylic acids is 1. The predicted molar refractivity (Wildman–Crippen MR) is 76.2 cm³/mol. The van der Waals surface area contributed by atoms with Crippen molar-refractivity contribution in [3.05, 3.63) is 0 Å². The van der Waals surface area contributed by atoms with Crippen LogP contribution in [-0.2, 0) is 9.59 Å². The molecule has 2 atom stereocenters. The summed E-state index contributed by atoms with van der Waals surface area (Å²) in [5, 5.41) is 31.0. The fraction of sp³-hybridized carbons (Fsp3) is 0.833. The van der Waals surface area contributed by atoms with Gasteiger partial charge in [-0.25, -0.2) is 5.01 Å². The average Bonchev–Trinajstić information content (AvgIpc) is 2.32. The van der Waals surface area contributed by atoms with Gasteiger partial charge >= 0.3 is 5.97 Å². The third kappa shape index (κ3) is 12.2. The monoisotopic (exact) mass is 306 g/mol. The van der Waals surface area contributed by atoms with Crippen molar-refractivity contribution in [2.75, 3.05) is 33.3 Å². The molecule has 0 saturated carbocycles. The van der Waals surface area contributed by atoms with Crippen LogP contribution in [0.5, 0.6) is 0 Å². The van der Waals surface area contributed by atoms with Crippen molar-refractivity contribution in [1.82, 2.24) is 15.8 Å². The lowest BCUT2D eigenvalue weighted by Gasteiger charge is -2.19. The molecule has 124 valence electrons. The molecule has 0 bridgehead atoms. The topological polar surface area (TPSA) is 148 Å². The molecule has 0 aromatic carbocycles. The van der Waals surface area contributed by atoms with E-state index in [9.17, 15) is 14.7 Å². The summed E-state index contributed by atoms with van der Waals surface area (Å²) in [6.07, 6.45) is 0.181. The van der Waals surface area contributed by atoms with E-state index in [1.54, 1.807) is 0 Å². The number of amides is 1. The van der Waals surface area contributed by atoms with E-state index >= 15 is 0 Å². The molecule has 0 radical (unpaired) electrons. The number of aliphatic hydroxyl groups excluding tert-OH is 2. The van der Waals surface area contributed by atoms with E-state index in [1.165, 1.54) is 7.05 Å². The van der Waals surface area contributed by atoms with Crippen LogP contribution in [0.3, 0.4) is 0 Å². The second-order valence-electron chi connectivity index (χ2n) is 4.92. The lowest BCUT2D eigenvalue weighted by molar-refractivity contribution is -0.139. The molecule has 0 spiro atoms. The Hall–Kier alpha value is -1.26. The lowest BCUT2D eigenvalue weighted by atomic mass is 10.1. The highest BCUT2D eigenvalue weighted by atomic mass is 16.4. The SMILES string of the molecule is CN(CC(=O)O)NC(=O)C[C@H](N)C[C@@H](O)CNCCCO. The highest BCUT2D eigenvalue weighted by Gasteiger charge is 2.15. The van der Waals surface area contributed by atoms with Crippen molar-refractivity contribution < 1.29 is 24.9 Å². The van der Waals surface area contributed by atoms with E-state index in [1.807, 2.05) is 0 Å². The van der Waals surface area contributed by atoms with E-state index < -0.39 is 24.0 Å². The Kier molecular flexibility index (Phi) is 10.7. The summed E-state index contributed by atoms with van der Waals surface area (Å²) in [5.74, 6) is -1.45. The Morgan fingerprint density at radius 3 is 2.62 bits per heavy atom. The van der Waals surface area contributed by atoms with Crippen molar-refractivity contribution in [2.24, 2.45) is 5.73 Å². The Labute approximate surface area is 124 Å². The van der Waals surface area contributed by atoms with Gasteiger partial charge in [-0.1, -0.05) is 0 Å². The maximum Gasteiger partial charge on any atom is 0.319 e. The zero-order valence-corrected chi connectivity index (χ0v) is 12.3. The zero-order valence-electron chi connectivity index (χ0n) is 12.3. The smallest absolute Gasteiger partial charge is 0.319 e. The molecule has 0 aliphatic carbocycles. The predicted octanol–water partition coefficient (Wildman–Crippen LogP) is -2.53. The van der Waals surface area contributed by atoms with Gasteiger partial charge in [0.15, 0.2) is 0 Å². The molecule has 0 unspecified atom stereocenters. The van der Waals surface area contributed by atoms with Crippen LogP contribution in [0, 0.1) is 0 Å². The van der Waals surface area contributed by atoms with Crippen LogP contribution >= 0.6 is 0 Å². The third-order valence-corrected chi connectivity index (χ3v) is 2.60. The summed E-state index contributed by atoms with van der Waals surface area (Å²) in [7, 11) is 1.44. The fourth-order valence-corrected chi connectivity index (χ4v) is 1.73. The number of rotatable bonds is 12. The summed E-state index contributed by atoms with van der Waals surface area (Å²) in [4.78, 5) is 22.0. The summed E-state index contributed by atoms with van der Waals surface area (Å²) >= 11 is 0. The Bertz CT molecular complexity index is 316. The van der Waals surface area contributed by atoms with Crippen molar-refractivity contribution >= 4 is 11.9 Å². The van der Waals surface area contributed by atoms with Gasteiger partial charge in [-0.3, -0.25) is 15.0 Å². The summed E-state index contributed by atoms with van der Waals surface area (Å²) in [5.41, 5.74) is 8.14. The van der Waals surface area contributed by atoms with Gasteiger partial charge in [0.05, 0.1) is 6.10 Å². The second-order valence-corrected chi connectivity index (χ2v) is 4.92. The Balaban J connectivity index is 3.83. The molecular weight excluding hydrogens is 280 g/mol. The maximum absolute atomic E-state index is 11.6. The summed E-state index contributed by atoms with van der Waals surface area (Å²) in [6, 6.07) is -0.516. The van der Waals surface area contributed by atoms with Gasteiger partial charge in [0.2, 0.25) is 5.91 Å². The van der Waals surface area contributed by atoms with Crippen molar-refractivity contribution in [2.45, 2.75) is 31.4 Å². The van der Waals surface area contributed by atoms with Gasteiger partial charge < -0.3 is 26.4 Å². The third-order valence-electron chi connectivity index (χ3n) is 2.60. The molecule has 9 nitrogen and oxygen atoms in total. The molecule has 9 heteroatoms. The molecule has 0 saturated heterocycles. The highest BCUT2D eigenvalue weighted by Crippen LogP contribution is 2.00. The van der Waals surface area contributed by atoms with E-state index in [0.29, 0.717) is 19.5 Å². The van der Waals surface area contributed by atoms with E-state index in [-0.39, 0.29) is 26.0 Å². The summed E-state index contributed by atoms with van der Waals surface area (Å²) in [6.45, 7) is 0.725. The molecule has 0 aromatic rings. The number of aliphatic hydroxyl groups is 2. The van der Waals surface area contributed by atoms with Crippen LogP contribution in [-0.4, -0.2) is 77.6 Å². The van der Waals surface area contributed by atoms with Crippen LogP contribution in [0.1, 0.15) is 19.3 Å². The highest BCUT2D eigenvalue weighted by molar-refractivity contribution is 5.76. The number of nitrogens with two attached hydrogens (primary N) is 1. The van der Waals surface area contributed by atoms with E-state index in [0.717, 1.165) is 5.01 Å². The fourth-order valence-electron chi connectivity index (χ4n) is 1.73. The number of nitrogens with one attached hydrogen (secondary N) is 2. The van der Waals surface area contributed by atoms with E-state index in [4.69, 9.17) is 15.9 Å². The van der Waals surface area contributed by atoms with Gasteiger partial charge in [0.1, 0.15) is 6.54 Å². The van der Waals surface area contributed by atoms with Crippen LogP contribution in [0.4, 0.5) is 0 Å². The number of likely N-dealkylation sites (N-methyl/N-ethyl adjacent to an activating group) is 1. The molecule has 7 N–H and O–H groups in total. The first-order valence-corrected chi connectivity index (χ1v) is 6.82. The van der Waals surface area contributed by atoms with Crippen molar-refractivity contribution in [3.8, 4) is 0 Å². The minimum Gasteiger partial charge on any atom is -0.480 e. The number of carbonyl (C=O) groups is 2. The van der Waals surface area contributed by atoms with Crippen LogP contribution in [0.2, 0.25) is 0 Å². The first-order chi connectivity index (χ1) is 9.85. The van der Waals surface area contributed by atoms with Crippen molar-refractivity contribution in [3.63, 3.8) is 0 Å². The van der Waals surface area contributed by atoms with Crippen LogP contribution in [0.15, 0.2) is 0 Å². The second kappa shape index (κ2) is 11.4. The van der Waals surface area contributed by atoms with Gasteiger partial charge in [0, 0.05) is 32.7 Å². The number of hydrogen-bond acceptors (Lipinski definition) is 7. The largest absolute Gasteiger partial charge is 0.480 e. The first kappa shape index (κ1) is 19.7. The Morgan fingerprint density at radius 2 is 2.05 bits per heavy atom. The first-order valence-electron chi connectivity index (χ1n) is 6.82. The van der Waals surface area contributed by atoms with Gasteiger partial charge in [-0.2, -0.15) is 0 Å². The number of carboxylic acid groups (broad SMARTS) is 1. The Morgan fingerprint density at radius 1 is 1.38 bits per heavy atom. The van der Waals surface area contributed by atoms with Crippen LogP contribution in [0.25, 0.3) is 0 Å². The maximum atomic E-state index is 11.6. The summed E-state index contributed by atoms with van der Waals surface area (Å²) < 4.78 is 0. The normalized spacial score (nSPS) is 14.0. The van der Waals surface area contributed by atoms with Gasteiger partial charge in [0.25, 0.3) is 0 Å². The molecule has 0 aliphatic heterocycles.